The second-order valence-electron chi connectivity index (χ2n) is 5.67. The molecule has 0 saturated heterocycles. The molecule has 0 amide bonds. The van der Waals surface area contributed by atoms with Gasteiger partial charge in [0.05, 0.1) is 30.0 Å². The number of thiazole rings is 1. The molecule has 0 bridgehead atoms. The van der Waals surface area contributed by atoms with Crippen LogP contribution in [-0.4, -0.2) is 34.5 Å². The molecule has 0 radical (unpaired) electrons. The first-order valence-electron chi connectivity index (χ1n) is 6.25. The number of rotatable bonds is 5. The lowest BCUT2D eigenvalue weighted by molar-refractivity contribution is 0.164. The third-order valence-electron chi connectivity index (χ3n) is 2.79. The average Bonchev–Trinajstić information content (AvgIpc) is 2.67. The number of nitrogens with zero attached hydrogens (tertiary/aromatic N) is 1. The quantitative estimate of drug-likeness (QED) is 0.764. The van der Waals surface area contributed by atoms with E-state index in [0.29, 0.717) is 0 Å². The van der Waals surface area contributed by atoms with E-state index in [1.807, 2.05) is 13.8 Å². The van der Waals surface area contributed by atoms with Crippen molar-refractivity contribution < 1.29 is 10.2 Å². The van der Waals surface area contributed by atoms with Crippen LogP contribution in [0, 0.1) is 6.92 Å². The first-order valence-corrected chi connectivity index (χ1v) is 7.06. The highest BCUT2D eigenvalue weighted by Crippen LogP contribution is 2.32. The van der Waals surface area contributed by atoms with Crippen LogP contribution in [0.4, 0.5) is 0 Å². The molecule has 104 valence electrons. The van der Waals surface area contributed by atoms with Crippen molar-refractivity contribution in [2.75, 3.05) is 13.2 Å². The molecular formula is C13H24N2O2S. The Kier molecular flexibility index (Phi) is 5.28. The van der Waals surface area contributed by atoms with Gasteiger partial charge in [0.2, 0.25) is 0 Å². The highest BCUT2D eigenvalue weighted by Gasteiger charge is 2.23. The van der Waals surface area contributed by atoms with Crippen LogP contribution in [0.1, 0.15) is 49.3 Å². The van der Waals surface area contributed by atoms with Gasteiger partial charge < -0.3 is 15.5 Å². The molecule has 1 rings (SSSR count). The van der Waals surface area contributed by atoms with E-state index < -0.39 is 0 Å². The Balaban J connectivity index is 2.86. The Hall–Kier alpha value is -0.490. The average molecular weight is 272 g/mol. The van der Waals surface area contributed by atoms with Gasteiger partial charge in [0, 0.05) is 16.3 Å². The number of aromatic nitrogens is 1. The summed E-state index contributed by atoms with van der Waals surface area (Å²) < 4.78 is 0. The summed E-state index contributed by atoms with van der Waals surface area (Å²) in [6, 6.07) is -0.192. The largest absolute Gasteiger partial charge is 0.395 e. The topological polar surface area (TPSA) is 65.4 Å². The van der Waals surface area contributed by atoms with Crippen LogP contribution in [0.25, 0.3) is 0 Å². The fraction of sp³-hybridized carbons (Fsp3) is 0.769. The van der Waals surface area contributed by atoms with Gasteiger partial charge in [-0.2, -0.15) is 0 Å². The van der Waals surface area contributed by atoms with Gasteiger partial charge in [-0.15, -0.1) is 11.3 Å². The minimum atomic E-state index is -0.278. The lowest BCUT2D eigenvalue weighted by atomic mass is 9.98. The first-order chi connectivity index (χ1) is 8.29. The zero-order chi connectivity index (χ0) is 13.9. The maximum absolute atomic E-state index is 9.09. The zero-order valence-electron chi connectivity index (χ0n) is 11.8. The van der Waals surface area contributed by atoms with Gasteiger partial charge in [-0.3, -0.25) is 0 Å². The van der Waals surface area contributed by atoms with Crippen LogP contribution in [0.2, 0.25) is 0 Å². The fourth-order valence-electron chi connectivity index (χ4n) is 1.72. The second kappa shape index (κ2) is 6.10. The number of aliphatic hydroxyl groups is 2. The number of aryl methyl sites for hydroxylation is 1. The van der Waals surface area contributed by atoms with Crippen LogP contribution in [-0.2, 0) is 5.41 Å². The Labute approximate surface area is 113 Å². The van der Waals surface area contributed by atoms with Crippen molar-refractivity contribution in [1.29, 1.82) is 0 Å². The van der Waals surface area contributed by atoms with E-state index in [2.05, 4.69) is 31.1 Å². The van der Waals surface area contributed by atoms with Crippen molar-refractivity contribution in [1.82, 2.24) is 10.3 Å². The van der Waals surface area contributed by atoms with Crippen LogP contribution in [0.15, 0.2) is 0 Å². The summed E-state index contributed by atoms with van der Waals surface area (Å²) in [7, 11) is 0. The highest BCUT2D eigenvalue weighted by molar-refractivity contribution is 7.12. The summed E-state index contributed by atoms with van der Waals surface area (Å²) in [6.45, 7) is 10.4. The molecule has 3 N–H and O–H groups in total. The number of nitrogens with one attached hydrogen (secondary N) is 1. The predicted molar refractivity (Wildman–Crippen MR) is 75.1 cm³/mol. The minimum Gasteiger partial charge on any atom is -0.395 e. The molecule has 0 aromatic carbocycles. The normalized spacial score (nSPS) is 14.2. The van der Waals surface area contributed by atoms with Crippen LogP contribution in [0.5, 0.6) is 0 Å². The Morgan fingerprint density at radius 1 is 1.28 bits per heavy atom. The Bertz CT molecular complexity index is 381. The SMILES string of the molecule is Cc1nc(C(C)(C)C)sc1C(C)NC(CO)CO. The molecule has 1 unspecified atom stereocenters. The molecule has 4 nitrogen and oxygen atoms in total. The van der Waals surface area contributed by atoms with E-state index in [1.165, 1.54) is 4.88 Å². The summed E-state index contributed by atoms with van der Waals surface area (Å²) in [5.41, 5.74) is 1.08. The maximum Gasteiger partial charge on any atom is 0.0985 e. The Morgan fingerprint density at radius 3 is 2.22 bits per heavy atom. The number of aliphatic hydroxyl groups excluding tert-OH is 2. The van der Waals surface area contributed by atoms with Gasteiger partial charge in [-0.1, -0.05) is 20.8 Å². The third kappa shape index (κ3) is 3.75. The summed E-state index contributed by atoms with van der Waals surface area (Å²) >= 11 is 1.70. The summed E-state index contributed by atoms with van der Waals surface area (Å²) in [4.78, 5) is 5.79. The van der Waals surface area contributed by atoms with E-state index in [4.69, 9.17) is 10.2 Å². The van der Waals surface area contributed by atoms with E-state index >= 15 is 0 Å². The molecule has 5 heteroatoms. The van der Waals surface area contributed by atoms with Crippen molar-refractivity contribution in [3.8, 4) is 0 Å². The van der Waals surface area contributed by atoms with Gasteiger partial charge in [-0.05, 0) is 13.8 Å². The van der Waals surface area contributed by atoms with Crippen molar-refractivity contribution >= 4 is 11.3 Å². The standard InChI is InChI=1S/C13H24N2O2S/c1-8(14-10(6-16)7-17)11-9(2)15-12(18-11)13(3,4)5/h8,10,14,16-17H,6-7H2,1-5H3. The number of hydrogen-bond acceptors (Lipinski definition) is 5. The fourth-order valence-corrected chi connectivity index (χ4v) is 2.86. The first kappa shape index (κ1) is 15.6. The molecular weight excluding hydrogens is 248 g/mol. The summed E-state index contributed by atoms with van der Waals surface area (Å²) in [5.74, 6) is 0. The molecule has 0 aliphatic carbocycles. The summed E-state index contributed by atoms with van der Waals surface area (Å²) in [6.07, 6.45) is 0. The molecule has 0 saturated carbocycles. The maximum atomic E-state index is 9.09. The molecule has 1 aromatic rings. The molecule has 0 fully saturated rings. The highest BCUT2D eigenvalue weighted by atomic mass is 32.1. The van der Waals surface area contributed by atoms with E-state index in [0.717, 1.165) is 10.7 Å². The minimum absolute atomic E-state index is 0.0563. The van der Waals surface area contributed by atoms with Crippen LogP contribution < -0.4 is 5.32 Å². The van der Waals surface area contributed by atoms with Crippen molar-refractivity contribution in [2.45, 2.75) is 52.1 Å². The van der Waals surface area contributed by atoms with Gasteiger partial charge in [0.1, 0.15) is 0 Å². The van der Waals surface area contributed by atoms with E-state index in [-0.39, 0.29) is 30.7 Å². The molecule has 1 atom stereocenters. The molecule has 0 aliphatic rings. The van der Waals surface area contributed by atoms with E-state index in [1.54, 1.807) is 11.3 Å². The molecule has 0 aliphatic heterocycles. The smallest absolute Gasteiger partial charge is 0.0985 e. The second-order valence-corrected chi connectivity index (χ2v) is 6.70. The van der Waals surface area contributed by atoms with Crippen molar-refractivity contribution in [3.05, 3.63) is 15.6 Å². The van der Waals surface area contributed by atoms with Gasteiger partial charge in [-0.25, -0.2) is 4.98 Å². The van der Waals surface area contributed by atoms with Gasteiger partial charge >= 0.3 is 0 Å². The van der Waals surface area contributed by atoms with E-state index in [9.17, 15) is 0 Å². The molecule has 1 aromatic heterocycles. The lowest BCUT2D eigenvalue weighted by Crippen LogP contribution is -2.37. The van der Waals surface area contributed by atoms with Gasteiger partial charge in [0.25, 0.3) is 0 Å². The van der Waals surface area contributed by atoms with Crippen LogP contribution >= 0.6 is 11.3 Å². The monoisotopic (exact) mass is 272 g/mol. The molecule has 0 spiro atoms. The Morgan fingerprint density at radius 2 is 1.83 bits per heavy atom. The van der Waals surface area contributed by atoms with Gasteiger partial charge in [0.15, 0.2) is 0 Å². The zero-order valence-corrected chi connectivity index (χ0v) is 12.6. The number of hydrogen-bond donors (Lipinski definition) is 3. The lowest BCUT2D eigenvalue weighted by Gasteiger charge is -2.19. The predicted octanol–water partition coefficient (Wildman–Crippen LogP) is 1.75. The molecule has 1 heterocycles. The molecule has 18 heavy (non-hydrogen) atoms. The summed E-state index contributed by atoms with van der Waals surface area (Å²) in [5, 5.41) is 22.5. The van der Waals surface area contributed by atoms with Crippen LogP contribution in [0.3, 0.4) is 0 Å². The van der Waals surface area contributed by atoms with Crippen molar-refractivity contribution in [2.24, 2.45) is 0 Å². The van der Waals surface area contributed by atoms with Crippen molar-refractivity contribution in [3.63, 3.8) is 0 Å². The third-order valence-corrected chi connectivity index (χ3v) is 4.56.